The quantitative estimate of drug-likeness (QED) is 0.800. The minimum atomic E-state index is -0.371. The summed E-state index contributed by atoms with van der Waals surface area (Å²) < 4.78 is 14.6. The average molecular weight is 309 g/mol. The average Bonchev–Trinajstić information content (AvgIpc) is 2.97. The molecule has 3 aromatic rings. The van der Waals surface area contributed by atoms with E-state index < -0.39 is 0 Å². The summed E-state index contributed by atoms with van der Waals surface area (Å²) in [6.07, 6.45) is 1.81. The lowest BCUT2D eigenvalue weighted by atomic mass is 10.1. The molecule has 3 rings (SSSR count). The summed E-state index contributed by atoms with van der Waals surface area (Å²) >= 11 is 0. The molecular formula is C18H16FN3O. The predicted octanol–water partition coefficient (Wildman–Crippen LogP) is 3.63. The normalized spacial score (nSPS) is 10.5. The standard InChI is InChI=1S/C18H16FN3O/c1-13-4-2-3-5-15(13)12-22-11-10-17(21-22)20-18(23)14-6-8-16(19)9-7-14/h2-11H,12H2,1H3,(H,20,21,23). The van der Waals surface area contributed by atoms with Gasteiger partial charge >= 0.3 is 0 Å². The summed E-state index contributed by atoms with van der Waals surface area (Å²) in [7, 11) is 0. The summed E-state index contributed by atoms with van der Waals surface area (Å²) in [6.45, 7) is 2.69. The van der Waals surface area contributed by atoms with Crippen molar-refractivity contribution in [1.82, 2.24) is 9.78 Å². The fraction of sp³-hybridized carbons (Fsp3) is 0.111. The summed E-state index contributed by atoms with van der Waals surface area (Å²) in [5.74, 6) is -0.219. The second-order valence-electron chi connectivity index (χ2n) is 5.29. The molecular weight excluding hydrogens is 293 g/mol. The molecule has 0 saturated carbocycles. The van der Waals surface area contributed by atoms with Crippen molar-refractivity contribution in [3.63, 3.8) is 0 Å². The van der Waals surface area contributed by atoms with Crippen molar-refractivity contribution in [2.24, 2.45) is 0 Å². The molecule has 116 valence electrons. The largest absolute Gasteiger partial charge is 0.305 e. The number of benzene rings is 2. The number of rotatable bonds is 4. The molecule has 0 unspecified atom stereocenters. The number of hydrogen-bond donors (Lipinski definition) is 1. The first-order chi connectivity index (χ1) is 11.1. The van der Waals surface area contributed by atoms with E-state index in [0.29, 0.717) is 17.9 Å². The first kappa shape index (κ1) is 15.0. The highest BCUT2D eigenvalue weighted by atomic mass is 19.1. The highest BCUT2D eigenvalue weighted by molar-refractivity contribution is 6.03. The predicted molar refractivity (Wildman–Crippen MR) is 86.9 cm³/mol. The van der Waals surface area contributed by atoms with Crippen molar-refractivity contribution in [2.75, 3.05) is 5.32 Å². The van der Waals surface area contributed by atoms with Gasteiger partial charge in [0.1, 0.15) is 5.82 Å². The number of halogens is 1. The number of nitrogens with zero attached hydrogens (tertiary/aromatic N) is 2. The van der Waals surface area contributed by atoms with E-state index in [0.717, 1.165) is 0 Å². The number of aromatic nitrogens is 2. The van der Waals surface area contributed by atoms with Crippen LogP contribution in [0.2, 0.25) is 0 Å². The molecule has 1 aromatic heterocycles. The van der Waals surface area contributed by atoms with E-state index in [9.17, 15) is 9.18 Å². The monoisotopic (exact) mass is 309 g/mol. The molecule has 1 N–H and O–H groups in total. The number of anilines is 1. The molecule has 0 aliphatic rings. The van der Waals surface area contributed by atoms with E-state index in [4.69, 9.17) is 0 Å². The maximum absolute atomic E-state index is 12.9. The maximum Gasteiger partial charge on any atom is 0.256 e. The van der Waals surface area contributed by atoms with Crippen molar-refractivity contribution in [1.29, 1.82) is 0 Å². The third kappa shape index (κ3) is 3.63. The summed E-state index contributed by atoms with van der Waals surface area (Å²) in [5.41, 5.74) is 2.76. The molecule has 0 fully saturated rings. The number of hydrogen-bond acceptors (Lipinski definition) is 2. The molecule has 1 heterocycles. The zero-order valence-electron chi connectivity index (χ0n) is 12.7. The van der Waals surface area contributed by atoms with Crippen LogP contribution in [0, 0.1) is 12.7 Å². The zero-order valence-corrected chi connectivity index (χ0v) is 12.7. The van der Waals surface area contributed by atoms with Gasteiger partial charge in [0.15, 0.2) is 5.82 Å². The van der Waals surface area contributed by atoms with E-state index in [2.05, 4.69) is 23.4 Å². The minimum Gasteiger partial charge on any atom is -0.305 e. The summed E-state index contributed by atoms with van der Waals surface area (Å²) in [6, 6.07) is 15.2. The van der Waals surface area contributed by atoms with Gasteiger partial charge in [-0.15, -0.1) is 0 Å². The molecule has 0 saturated heterocycles. The zero-order chi connectivity index (χ0) is 16.2. The SMILES string of the molecule is Cc1ccccc1Cn1ccc(NC(=O)c2ccc(F)cc2)n1. The molecule has 4 nitrogen and oxygen atoms in total. The van der Waals surface area contributed by atoms with Crippen molar-refractivity contribution >= 4 is 11.7 Å². The topological polar surface area (TPSA) is 46.9 Å². The highest BCUT2D eigenvalue weighted by Gasteiger charge is 2.08. The van der Waals surface area contributed by atoms with E-state index in [-0.39, 0.29) is 11.7 Å². The molecule has 23 heavy (non-hydrogen) atoms. The van der Waals surface area contributed by atoms with Crippen molar-refractivity contribution in [3.05, 3.63) is 83.3 Å². The van der Waals surface area contributed by atoms with Gasteiger partial charge in [0.2, 0.25) is 0 Å². The van der Waals surface area contributed by atoms with Gasteiger partial charge in [0.05, 0.1) is 6.54 Å². The Morgan fingerprint density at radius 2 is 1.87 bits per heavy atom. The van der Waals surface area contributed by atoms with E-state index in [1.807, 2.05) is 24.4 Å². The van der Waals surface area contributed by atoms with Crippen molar-refractivity contribution < 1.29 is 9.18 Å². The van der Waals surface area contributed by atoms with Crippen LogP contribution in [0.3, 0.4) is 0 Å². The number of carbonyl (C=O) groups excluding carboxylic acids is 1. The van der Waals surface area contributed by atoms with Crippen LogP contribution in [0.15, 0.2) is 60.8 Å². The fourth-order valence-corrected chi connectivity index (χ4v) is 2.27. The Morgan fingerprint density at radius 1 is 1.13 bits per heavy atom. The first-order valence-corrected chi connectivity index (χ1v) is 7.27. The van der Waals surface area contributed by atoms with Crippen LogP contribution in [0.5, 0.6) is 0 Å². The van der Waals surface area contributed by atoms with Gasteiger partial charge in [-0.05, 0) is 42.3 Å². The van der Waals surface area contributed by atoms with Crippen molar-refractivity contribution in [2.45, 2.75) is 13.5 Å². The van der Waals surface area contributed by atoms with Gasteiger partial charge in [-0.1, -0.05) is 24.3 Å². The fourth-order valence-electron chi connectivity index (χ4n) is 2.27. The third-order valence-electron chi connectivity index (χ3n) is 3.58. The Labute approximate surface area is 133 Å². The second kappa shape index (κ2) is 6.44. The molecule has 5 heteroatoms. The van der Waals surface area contributed by atoms with Gasteiger partial charge in [-0.3, -0.25) is 9.48 Å². The van der Waals surface area contributed by atoms with Crippen LogP contribution in [0.4, 0.5) is 10.2 Å². The van der Waals surface area contributed by atoms with Gasteiger partial charge in [0.25, 0.3) is 5.91 Å². The molecule has 0 atom stereocenters. The Balaban J connectivity index is 1.68. The van der Waals surface area contributed by atoms with E-state index >= 15 is 0 Å². The Bertz CT molecular complexity index is 824. The van der Waals surface area contributed by atoms with Gasteiger partial charge in [-0.25, -0.2) is 4.39 Å². The Kier molecular flexibility index (Phi) is 4.19. The minimum absolute atomic E-state index is 0.314. The van der Waals surface area contributed by atoms with E-state index in [1.165, 1.54) is 35.4 Å². The van der Waals surface area contributed by atoms with Crippen LogP contribution in [-0.2, 0) is 6.54 Å². The first-order valence-electron chi connectivity index (χ1n) is 7.27. The van der Waals surface area contributed by atoms with Gasteiger partial charge < -0.3 is 5.32 Å². The number of nitrogens with one attached hydrogen (secondary N) is 1. The lowest BCUT2D eigenvalue weighted by molar-refractivity contribution is 0.102. The summed E-state index contributed by atoms with van der Waals surface area (Å²) in [4.78, 5) is 12.1. The van der Waals surface area contributed by atoms with Crippen LogP contribution in [0.1, 0.15) is 21.5 Å². The number of carbonyl (C=O) groups is 1. The Morgan fingerprint density at radius 3 is 2.61 bits per heavy atom. The number of amides is 1. The van der Waals surface area contributed by atoms with E-state index in [1.54, 1.807) is 10.7 Å². The number of aryl methyl sites for hydroxylation is 1. The molecule has 0 radical (unpaired) electrons. The van der Waals surface area contributed by atoms with Gasteiger partial charge in [0, 0.05) is 17.8 Å². The van der Waals surface area contributed by atoms with Crippen LogP contribution in [-0.4, -0.2) is 15.7 Å². The van der Waals surface area contributed by atoms with Crippen LogP contribution >= 0.6 is 0 Å². The van der Waals surface area contributed by atoms with Crippen molar-refractivity contribution in [3.8, 4) is 0 Å². The molecule has 0 spiro atoms. The van der Waals surface area contributed by atoms with Crippen LogP contribution in [0.25, 0.3) is 0 Å². The smallest absolute Gasteiger partial charge is 0.256 e. The summed E-state index contributed by atoms with van der Waals surface area (Å²) in [5, 5.41) is 7.05. The Hall–Kier alpha value is -2.95. The third-order valence-corrected chi connectivity index (χ3v) is 3.58. The molecule has 0 aliphatic heterocycles. The lowest BCUT2D eigenvalue weighted by Gasteiger charge is -2.05. The highest BCUT2D eigenvalue weighted by Crippen LogP contribution is 2.11. The van der Waals surface area contributed by atoms with Crippen LogP contribution < -0.4 is 5.32 Å². The van der Waals surface area contributed by atoms with Gasteiger partial charge in [-0.2, -0.15) is 5.10 Å². The molecule has 0 aliphatic carbocycles. The second-order valence-corrected chi connectivity index (χ2v) is 5.29. The molecule has 1 amide bonds. The maximum atomic E-state index is 12.9. The lowest BCUT2D eigenvalue weighted by Crippen LogP contribution is -2.13. The molecule has 2 aromatic carbocycles. The molecule has 0 bridgehead atoms.